The number of aliphatic carboxylic acids is 1. The minimum atomic E-state index is -1.59. The molecule has 5 nitrogen and oxygen atoms in total. The Morgan fingerprint density at radius 3 is 2.07 bits per heavy atom. The van der Waals surface area contributed by atoms with E-state index in [-0.39, 0.29) is 11.7 Å². The molecule has 1 amide bonds. The summed E-state index contributed by atoms with van der Waals surface area (Å²) in [4.78, 5) is 23.0. The van der Waals surface area contributed by atoms with Crippen LogP contribution in [-0.4, -0.2) is 50.7 Å². The van der Waals surface area contributed by atoms with Crippen LogP contribution in [0.15, 0.2) is 0 Å². The summed E-state index contributed by atoms with van der Waals surface area (Å²) in [5.74, 6) is -2.06. The molecule has 1 N–H and O–H groups in total. The van der Waals surface area contributed by atoms with E-state index in [1.807, 2.05) is 13.8 Å². The third-order valence-electron chi connectivity index (χ3n) is 1.69. The van der Waals surface area contributed by atoms with E-state index in [0.29, 0.717) is 13.1 Å². The summed E-state index contributed by atoms with van der Waals surface area (Å²) in [5.41, 5.74) is 0. The maximum Gasteiger partial charge on any atom is 0.316 e. The van der Waals surface area contributed by atoms with Crippen molar-refractivity contribution in [1.82, 2.24) is 4.90 Å². The second kappa shape index (κ2) is 6.53. The summed E-state index contributed by atoms with van der Waals surface area (Å²) in [5, 5.41) is 8.33. The first kappa shape index (κ1) is 13.1. The van der Waals surface area contributed by atoms with Crippen molar-refractivity contribution < 1.29 is 18.9 Å². The third-order valence-corrected chi connectivity index (χ3v) is 2.82. The zero-order valence-electron chi connectivity index (χ0n) is 8.36. The van der Waals surface area contributed by atoms with Crippen LogP contribution in [-0.2, 0) is 20.4 Å². The van der Waals surface area contributed by atoms with Crippen molar-refractivity contribution in [2.75, 3.05) is 24.6 Å². The van der Waals surface area contributed by atoms with Gasteiger partial charge in [-0.3, -0.25) is 13.8 Å². The smallest absolute Gasteiger partial charge is 0.316 e. The molecule has 6 heteroatoms. The molecule has 0 rings (SSSR count). The lowest BCUT2D eigenvalue weighted by atomic mass is 10.5. The van der Waals surface area contributed by atoms with Gasteiger partial charge >= 0.3 is 5.97 Å². The number of carboxylic acids is 1. The number of hydrogen-bond acceptors (Lipinski definition) is 3. The highest BCUT2D eigenvalue weighted by atomic mass is 32.2. The SMILES string of the molecule is CCN(CC)C(=O)CS(=O)CC(=O)O. The van der Waals surface area contributed by atoms with Gasteiger partial charge in [0.15, 0.2) is 0 Å². The first-order valence-corrected chi connectivity index (χ1v) is 5.84. The lowest BCUT2D eigenvalue weighted by Crippen LogP contribution is -2.35. The molecule has 0 aromatic heterocycles. The Balaban J connectivity index is 4.04. The van der Waals surface area contributed by atoms with Gasteiger partial charge in [0.05, 0.1) is 0 Å². The first-order chi connectivity index (χ1) is 6.51. The van der Waals surface area contributed by atoms with Gasteiger partial charge in [-0.25, -0.2) is 0 Å². The van der Waals surface area contributed by atoms with Crippen molar-refractivity contribution in [3.05, 3.63) is 0 Å². The van der Waals surface area contributed by atoms with Crippen LogP contribution in [0, 0.1) is 0 Å². The standard InChI is InChI=1S/C8H15NO4S/c1-3-9(4-2)7(10)5-14(13)6-8(11)12/h3-6H2,1-2H3,(H,11,12). The molecule has 0 aliphatic heterocycles. The van der Waals surface area contributed by atoms with Crippen LogP contribution in [0.2, 0.25) is 0 Å². The van der Waals surface area contributed by atoms with Gasteiger partial charge in [-0.2, -0.15) is 0 Å². The minimum Gasteiger partial charge on any atom is -0.481 e. The van der Waals surface area contributed by atoms with Gasteiger partial charge in [-0.05, 0) is 13.8 Å². The van der Waals surface area contributed by atoms with Crippen molar-refractivity contribution in [1.29, 1.82) is 0 Å². The minimum absolute atomic E-state index is 0.200. The predicted octanol–water partition coefficient (Wildman–Crippen LogP) is -0.312. The maximum absolute atomic E-state index is 11.3. The molecule has 0 spiro atoms. The van der Waals surface area contributed by atoms with E-state index in [0.717, 1.165) is 0 Å². The quantitative estimate of drug-likeness (QED) is 0.667. The molecule has 1 unspecified atom stereocenters. The number of nitrogens with zero attached hydrogens (tertiary/aromatic N) is 1. The van der Waals surface area contributed by atoms with E-state index in [9.17, 15) is 13.8 Å². The second-order valence-electron chi connectivity index (χ2n) is 2.69. The summed E-state index contributed by atoms with van der Waals surface area (Å²) in [7, 11) is -1.59. The third kappa shape index (κ3) is 4.96. The van der Waals surface area contributed by atoms with Crippen LogP contribution in [0.4, 0.5) is 0 Å². The zero-order chi connectivity index (χ0) is 11.1. The molecular weight excluding hydrogens is 206 g/mol. The van der Waals surface area contributed by atoms with Crippen LogP contribution in [0.25, 0.3) is 0 Å². The number of rotatable bonds is 6. The van der Waals surface area contributed by atoms with Crippen molar-refractivity contribution in [2.45, 2.75) is 13.8 Å². The molecule has 0 aromatic rings. The molecule has 0 bridgehead atoms. The highest BCUT2D eigenvalue weighted by Gasteiger charge is 2.15. The average Bonchev–Trinajstić information content (AvgIpc) is 2.04. The normalized spacial score (nSPS) is 12.1. The Labute approximate surface area is 85.5 Å². The van der Waals surface area contributed by atoms with Gasteiger partial charge in [0, 0.05) is 23.9 Å². The van der Waals surface area contributed by atoms with Gasteiger partial charge in [-0.15, -0.1) is 0 Å². The number of carbonyl (C=O) groups is 2. The topological polar surface area (TPSA) is 74.7 Å². The summed E-state index contributed by atoms with van der Waals surface area (Å²) in [6.45, 7) is 4.75. The Morgan fingerprint density at radius 2 is 1.71 bits per heavy atom. The fourth-order valence-corrected chi connectivity index (χ4v) is 1.83. The monoisotopic (exact) mass is 221 g/mol. The van der Waals surface area contributed by atoms with Crippen molar-refractivity contribution >= 4 is 22.7 Å². The fourth-order valence-electron chi connectivity index (χ4n) is 0.994. The van der Waals surface area contributed by atoms with E-state index in [1.54, 1.807) is 0 Å². The van der Waals surface area contributed by atoms with E-state index >= 15 is 0 Å². The highest BCUT2D eigenvalue weighted by molar-refractivity contribution is 7.86. The molecule has 0 aliphatic carbocycles. The van der Waals surface area contributed by atoms with Crippen LogP contribution < -0.4 is 0 Å². The molecule has 0 fully saturated rings. The maximum atomic E-state index is 11.3. The highest BCUT2D eigenvalue weighted by Crippen LogP contribution is 1.92. The fraction of sp³-hybridized carbons (Fsp3) is 0.750. The van der Waals surface area contributed by atoms with Crippen LogP contribution in [0.3, 0.4) is 0 Å². The van der Waals surface area contributed by atoms with Gasteiger partial charge in [-0.1, -0.05) is 0 Å². The van der Waals surface area contributed by atoms with Gasteiger partial charge < -0.3 is 10.0 Å². The van der Waals surface area contributed by atoms with Crippen LogP contribution in [0.5, 0.6) is 0 Å². The molecular formula is C8H15NO4S. The first-order valence-electron chi connectivity index (χ1n) is 4.35. The van der Waals surface area contributed by atoms with Crippen molar-refractivity contribution in [2.24, 2.45) is 0 Å². The Hall–Kier alpha value is -0.910. The summed E-state index contributed by atoms with van der Waals surface area (Å²) in [6.07, 6.45) is 0. The molecule has 0 radical (unpaired) electrons. The summed E-state index contributed by atoms with van der Waals surface area (Å²) >= 11 is 0. The number of hydrogen-bond donors (Lipinski definition) is 1. The molecule has 0 saturated carbocycles. The van der Waals surface area contributed by atoms with Crippen LogP contribution >= 0.6 is 0 Å². The van der Waals surface area contributed by atoms with Crippen LogP contribution in [0.1, 0.15) is 13.8 Å². The molecule has 0 heterocycles. The predicted molar refractivity (Wildman–Crippen MR) is 53.4 cm³/mol. The van der Waals surface area contributed by atoms with Crippen molar-refractivity contribution in [3.8, 4) is 0 Å². The Bertz CT molecular complexity index is 237. The average molecular weight is 221 g/mol. The molecule has 82 valence electrons. The second-order valence-corrected chi connectivity index (χ2v) is 4.15. The summed E-state index contributed by atoms with van der Waals surface area (Å²) in [6, 6.07) is 0. The van der Waals surface area contributed by atoms with Gasteiger partial charge in [0.1, 0.15) is 11.5 Å². The number of carboxylic acid groups (broad SMARTS) is 1. The number of amides is 1. The molecule has 0 aliphatic rings. The van der Waals surface area contributed by atoms with E-state index in [2.05, 4.69) is 0 Å². The molecule has 0 aromatic carbocycles. The van der Waals surface area contributed by atoms with Gasteiger partial charge in [0.2, 0.25) is 5.91 Å². The van der Waals surface area contributed by atoms with E-state index in [4.69, 9.17) is 5.11 Å². The Morgan fingerprint density at radius 1 is 1.21 bits per heavy atom. The van der Waals surface area contributed by atoms with Gasteiger partial charge in [0.25, 0.3) is 0 Å². The number of carbonyl (C=O) groups excluding carboxylic acids is 1. The zero-order valence-corrected chi connectivity index (χ0v) is 9.17. The molecule has 14 heavy (non-hydrogen) atoms. The largest absolute Gasteiger partial charge is 0.481 e. The Kier molecular flexibility index (Phi) is 6.11. The lowest BCUT2D eigenvalue weighted by Gasteiger charge is -2.17. The van der Waals surface area contributed by atoms with E-state index < -0.39 is 22.5 Å². The summed E-state index contributed by atoms with van der Waals surface area (Å²) < 4.78 is 11.1. The molecule has 0 saturated heterocycles. The van der Waals surface area contributed by atoms with Crippen molar-refractivity contribution in [3.63, 3.8) is 0 Å². The lowest BCUT2D eigenvalue weighted by molar-refractivity contribution is -0.134. The van der Waals surface area contributed by atoms with E-state index in [1.165, 1.54) is 4.90 Å². The molecule has 1 atom stereocenters.